The first-order valence-corrected chi connectivity index (χ1v) is 13.4. The topological polar surface area (TPSA) is 66.5 Å². The van der Waals surface area contributed by atoms with Crippen LogP contribution in [0.15, 0.2) is 71.6 Å². The summed E-state index contributed by atoms with van der Waals surface area (Å²) in [7, 11) is -4.04. The molecule has 0 heterocycles. The van der Waals surface area contributed by atoms with Crippen molar-refractivity contribution in [3.63, 3.8) is 0 Å². The average molecular weight is 517 g/mol. The largest absolute Gasteiger partial charge is 0.348 e. The first-order chi connectivity index (χ1) is 16.2. The molecule has 1 amide bonds. The van der Waals surface area contributed by atoms with Gasteiger partial charge in [0.05, 0.1) is 16.6 Å². The summed E-state index contributed by atoms with van der Waals surface area (Å²) >= 11 is 12.1. The van der Waals surface area contributed by atoms with Crippen molar-refractivity contribution in [3.05, 3.63) is 93.5 Å². The van der Waals surface area contributed by atoms with Gasteiger partial charge >= 0.3 is 0 Å². The maximum absolute atomic E-state index is 13.5. The van der Waals surface area contributed by atoms with Crippen LogP contribution in [0.4, 0.5) is 5.69 Å². The number of benzene rings is 3. The molecule has 1 aliphatic rings. The average Bonchev–Trinajstić information content (AvgIpc) is 2.82. The number of aryl methyl sites for hydroxylation is 2. The van der Waals surface area contributed by atoms with Crippen LogP contribution in [0.25, 0.3) is 0 Å². The number of carbonyl (C=O) groups excluding carboxylic acids is 1. The Morgan fingerprint density at radius 3 is 2.35 bits per heavy atom. The highest BCUT2D eigenvalue weighted by Gasteiger charge is 2.28. The summed E-state index contributed by atoms with van der Waals surface area (Å²) in [5.41, 5.74) is 4.01. The second kappa shape index (κ2) is 10.4. The van der Waals surface area contributed by atoms with Crippen LogP contribution in [0.5, 0.6) is 0 Å². The highest BCUT2D eigenvalue weighted by molar-refractivity contribution is 7.92. The van der Waals surface area contributed by atoms with E-state index in [1.54, 1.807) is 18.2 Å². The Morgan fingerprint density at radius 1 is 0.941 bits per heavy atom. The van der Waals surface area contributed by atoms with Crippen LogP contribution in [-0.4, -0.2) is 20.9 Å². The van der Waals surface area contributed by atoms with E-state index >= 15 is 0 Å². The van der Waals surface area contributed by atoms with Crippen molar-refractivity contribution in [2.24, 2.45) is 0 Å². The molecule has 34 heavy (non-hydrogen) atoms. The van der Waals surface area contributed by atoms with Gasteiger partial charge in [0, 0.05) is 10.0 Å². The number of hydrogen-bond acceptors (Lipinski definition) is 3. The molecule has 0 aromatic heterocycles. The van der Waals surface area contributed by atoms with Crippen molar-refractivity contribution < 1.29 is 13.2 Å². The molecule has 4 rings (SSSR count). The summed E-state index contributed by atoms with van der Waals surface area (Å²) < 4.78 is 28.0. The van der Waals surface area contributed by atoms with Gasteiger partial charge in [-0.15, -0.1) is 0 Å². The number of sulfonamides is 1. The number of fused-ring (bicyclic) bond motifs is 1. The quantitative estimate of drug-likeness (QED) is 0.422. The van der Waals surface area contributed by atoms with Crippen LogP contribution < -0.4 is 9.62 Å². The fourth-order valence-electron chi connectivity index (χ4n) is 4.20. The minimum Gasteiger partial charge on any atom is -0.348 e. The standard InChI is InChI=1S/C26H26Cl2N2O3S/c1-18(20-10-9-19-5-2-3-6-21(19)15-20)29-26(31)17-30(24-8-4-7-23(28)16-24)34(32,33)25-13-11-22(27)12-14-25/h4,7-16,18H,2-3,5-6,17H2,1H3,(H,29,31)/t18-/m1/s1. The first-order valence-electron chi connectivity index (χ1n) is 11.2. The molecular weight excluding hydrogens is 491 g/mol. The van der Waals surface area contributed by atoms with E-state index < -0.39 is 15.9 Å². The van der Waals surface area contributed by atoms with Gasteiger partial charge in [0.15, 0.2) is 0 Å². The van der Waals surface area contributed by atoms with E-state index in [1.165, 1.54) is 54.3 Å². The number of nitrogens with zero attached hydrogens (tertiary/aromatic N) is 1. The lowest BCUT2D eigenvalue weighted by atomic mass is 9.89. The number of carbonyl (C=O) groups is 1. The Balaban J connectivity index is 1.57. The maximum Gasteiger partial charge on any atom is 0.264 e. The molecule has 178 valence electrons. The molecule has 8 heteroatoms. The van der Waals surface area contributed by atoms with Crippen LogP contribution in [0.1, 0.15) is 42.5 Å². The van der Waals surface area contributed by atoms with E-state index in [-0.39, 0.29) is 17.5 Å². The van der Waals surface area contributed by atoms with E-state index in [9.17, 15) is 13.2 Å². The Morgan fingerprint density at radius 2 is 1.65 bits per heavy atom. The predicted molar refractivity (Wildman–Crippen MR) is 137 cm³/mol. The van der Waals surface area contributed by atoms with E-state index in [0.29, 0.717) is 15.7 Å². The maximum atomic E-state index is 13.5. The predicted octanol–water partition coefficient (Wildman–Crippen LogP) is 5.94. The molecule has 0 radical (unpaired) electrons. The van der Waals surface area contributed by atoms with Crippen LogP contribution in [0.3, 0.4) is 0 Å². The van der Waals surface area contributed by atoms with Crippen molar-refractivity contribution in [3.8, 4) is 0 Å². The van der Waals surface area contributed by atoms with Gasteiger partial charge in [0.2, 0.25) is 5.91 Å². The third-order valence-corrected chi connectivity index (χ3v) is 8.31. The van der Waals surface area contributed by atoms with Gasteiger partial charge in [-0.2, -0.15) is 0 Å². The van der Waals surface area contributed by atoms with Gasteiger partial charge in [-0.25, -0.2) is 8.42 Å². The Kier molecular flexibility index (Phi) is 7.51. The molecule has 1 N–H and O–H groups in total. The molecule has 1 aliphatic carbocycles. The minimum absolute atomic E-state index is 0.0346. The smallest absolute Gasteiger partial charge is 0.264 e. The number of anilines is 1. The summed E-state index contributed by atoms with van der Waals surface area (Å²) in [6, 6.07) is 18.3. The summed E-state index contributed by atoms with van der Waals surface area (Å²) in [6.07, 6.45) is 4.52. The fourth-order valence-corrected chi connectivity index (χ4v) is 5.93. The highest BCUT2D eigenvalue weighted by atomic mass is 35.5. The van der Waals surface area contributed by atoms with Gasteiger partial charge in [-0.1, -0.05) is 47.5 Å². The Labute approximate surface area is 210 Å². The molecular formula is C26H26Cl2N2O3S. The molecule has 3 aromatic rings. The summed E-state index contributed by atoms with van der Waals surface area (Å²) in [5.74, 6) is -0.414. The van der Waals surface area contributed by atoms with E-state index in [4.69, 9.17) is 23.2 Å². The van der Waals surface area contributed by atoms with Gasteiger partial charge in [0.1, 0.15) is 6.54 Å². The monoisotopic (exact) mass is 516 g/mol. The molecule has 0 saturated heterocycles. The van der Waals surface area contributed by atoms with Crippen molar-refractivity contribution in [1.82, 2.24) is 5.32 Å². The number of halogens is 2. The zero-order valence-electron chi connectivity index (χ0n) is 18.8. The third kappa shape index (κ3) is 5.57. The number of nitrogens with one attached hydrogen (secondary N) is 1. The Bertz CT molecular complexity index is 1290. The Hall–Kier alpha value is -2.54. The van der Waals surface area contributed by atoms with E-state index in [1.807, 2.05) is 13.0 Å². The number of amides is 1. The van der Waals surface area contributed by atoms with Gasteiger partial charge in [0.25, 0.3) is 10.0 Å². The molecule has 0 saturated carbocycles. The van der Waals surface area contributed by atoms with Crippen LogP contribution in [0.2, 0.25) is 10.0 Å². The lowest BCUT2D eigenvalue weighted by molar-refractivity contribution is -0.120. The van der Waals surface area contributed by atoms with Gasteiger partial charge < -0.3 is 5.32 Å². The normalized spacial score (nSPS) is 14.2. The van der Waals surface area contributed by atoms with Crippen LogP contribution >= 0.6 is 23.2 Å². The van der Waals surface area contributed by atoms with Crippen molar-refractivity contribution in [1.29, 1.82) is 0 Å². The van der Waals surface area contributed by atoms with Crippen molar-refractivity contribution in [2.45, 2.75) is 43.5 Å². The molecule has 0 aliphatic heterocycles. The van der Waals surface area contributed by atoms with Gasteiger partial charge in [-0.05, 0) is 91.8 Å². The molecule has 0 fully saturated rings. The molecule has 0 spiro atoms. The number of hydrogen-bond donors (Lipinski definition) is 1. The van der Waals surface area contributed by atoms with Crippen LogP contribution in [0, 0.1) is 0 Å². The fraction of sp³-hybridized carbons (Fsp3) is 0.269. The zero-order chi connectivity index (χ0) is 24.3. The highest BCUT2D eigenvalue weighted by Crippen LogP contribution is 2.28. The molecule has 0 bridgehead atoms. The lowest BCUT2D eigenvalue weighted by Crippen LogP contribution is -2.41. The molecule has 5 nitrogen and oxygen atoms in total. The zero-order valence-corrected chi connectivity index (χ0v) is 21.1. The molecule has 0 unspecified atom stereocenters. The molecule has 3 aromatic carbocycles. The third-order valence-electron chi connectivity index (χ3n) is 6.04. The summed E-state index contributed by atoms with van der Waals surface area (Å²) in [6.45, 7) is 1.51. The number of rotatable bonds is 7. The van der Waals surface area contributed by atoms with Crippen molar-refractivity contribution >= 4 is 44.8 Å². The molecule has 1 atom stereocenters. The minimum atomic E-state index is -4.04. The van der Waals surface area contributed by atoms with E-state index in [2.05, 4.69) is 17.4 Å². The second-order valence-electron chi connectivity index (χ2n) is 8.47. The first kappa shape index (κ1) is 24.6. The van der Waals surface area contributed by atoms with Crippen molar-refractivity contribution in [2.75, 3.05) is 10.8 Å². The SMILES string of the molecule is C[C@@H](NC(=O)CN(c1cccc(Cl)c1)S(=O)(=O)c1ccc(Cl)cc1)c1ccc2c(c1)CCCC2. The lowest BCUT2D eigenvalue weighted by Gasteiger charge is -2.25. The van der Waals surface area contributed by atoms with Crippen LogP contribution in [-0.2, 0) is 27.7 Å². The second-order valence-corrected chi connectivity index (χ2v) is 11.2. The van der Waals surface area contributed by atoms with Gasteiger partial charge in [-0.3, -0.25) is 9.10 Å². The van der Waals surface area contributed by atoms with E-state index in [0.717, 1.165) is 22.7 Å². The summed E-state index contributed by atoms with van der Waals surface area (Å²) in [4.78, 5) is 13.1. The summed E-state index contributed by atoms with van der Waals surface area (Å²) in [5, 5.41) is 3.74.